The van der Waals surface area contributed by atoms with Gasteiger partial charge in [-0.25, -0.2) is 4.39 Å². The van der Waals surface area contributed by atoms with Crippen molar-refractivity contribution in [3.05, 3.63) is 29.6 Å². The molecule has 0 unspecified atom stereocenters. The highest BCUT2D eigenvalue weighted by molar-refractivity contribution is 5.85. The molecule has 0 saturated heterocycles. The van der Waals surface area contributed by atoms with Crippen molar-refractivity contribution in [3.63, 3.8) is 0 Å². The Morgan fingerprint density at radius 3 is 2.37 bits per heavy atom. The molecule has 3 nitrogen and oxygen atoms in total. The Balaban J connectivity index is 0.00000324. The van der Waals surface area contributed by atoms with Crippen LogP contribution in [0.5, 0.6) is 5.75 Å². The molecule has 0 aliphatic carbocycles. The molecule has 0 aliphatic heterocycles. The first-order chi connectivity index (χ1) is 8.24. The standard InChI is InChI=1S/C11H13F4NO2.ClH/c1-2-8(17)10(16)6-3-4-9(7(12)5-6)18-11(13,14)15;/h3-5,8,10,17H,2,16H2,1H3;1H/t8-,10+;/m1./s1. The Morgan fingerprint density at radius 2 is 1.95 bits per heavy atom. The van der Waals surface area contributed by atoms with Crippen molar-refractivity contribution < 1.29 is 27.4 Å². The van der Waals surface area contributed by atoms with Gasteiger partial charge in [0.2, 0.25) is 0 Å². The summed E-state index contributed by atoms with van der Waals surface area (Å²) in [5.74, 6) is -2.10. The third-order valence-electron chi connectivity index (χ3n) is 2.40. The fourth-order valence-electron chi connectivity index (χ4n) is 1.41. The Labute approximate surface area is 113 Å². The first-order valence-electron chi connectivity index (χ1n) is 5.23. The predicted octanol–water partition coefficient (Wildman–Crippen LogP) is 2.92. The molecule has 0 radical (unpaired) electrons. The summed E-state index contributed by atoms with van der Waals surface area (Å²) in [5, 5.41) is 9.47. The number of aliphatic hydroxyl groups is 1. The Bertz CT molecular complexity index is 414. The number of ether oxygens (including phenoxy) is 1. The van der Waals surface area contributed by atoms with Crippen LogP contribution in [0.25, 0.3) is 0 Å². The molecule has 3 N–H and O–H groups in total. The minimum Gasteiger partial charge on any atom is -0.403 e. The van der Waals surface area contributed by atoms with Crippen molar-refractivity contribution in [2.45, 2.75) is 31.9 Å². The topological polar surface area (TPSA) is 55.5 Å². The van der Waals surface area contributed by atoms with E-state index in [1.807, 2.05) is 0 Å². The average Bonchev–Trinajstić information content (AvgIpc) is 2.28. The van der Waals surface area contributed by atoms with Gasteiger partial charge in [0.25, 0.3) is 0 Å². The van der Waals surface area contributed by atoms with Crippen LogP contribution in [-0.2, 0) is 0 Å². The first kappa shape index (κ1) is 17.9. The lowest BCUT2D eigenvalue weighted by molar-refractivity contribution is -0.275. The Hall–Kier alpha value is -1.05. The normalized spacial score (nSPS) is 14.5. The van der Waals surface area contributed by atoms with Gasteiger partial charge in [-0.15, -0.1) is 25.6 Å². The van der Waals surface area contributed by atoms with Gasteiger partial charge in [-0.3, -0.25) is 0 Å². The molecule has 0 bridgehead atoms. The molecule has 1 aromatic carbocycles. The van der Waals surface area contributed by atoms with Gasteiger partial charge < -0.3 is 15.6 Å². The summed E-state index contributed by atoms with van der Waals surface area (Å²) in [4.78, 5) is 0. The van der Waals surface area contributed by atoms with Crippen molar-refractivity contribution in [2.24, 2.45) is 5.73 Å². The number of alkyl halides is 3. The number of benzene rings is 1. The maximum atomic E-state index is 13.3. The van der Waals surface area contributed by atoms with E-state index in [-0.39, 0.29) is 18.0 Å². The maximum Gasteiger partial charge on any atom is 0.573 e. The van der Waals surface area contributed by atoms with E-state index in [1.54, 1.807) is 6.92 Å². The van der Waals surface area contributed by atoms with E-state index in [4.69, 9.17) is 5.73 Å². The highest BCUT2D eigenvalue weighted by Crippen LogP contribution is 2.28. The van der Waals surface area contributed by atoms with Gasteiger partial charge in [0.05, 0.1) is 12.1 Å². The Morgan fingerprint density at radius 1 is 1.37 bits per heavy atom. The van der Waals surface area contributed by atoms with E-state index in [2.05, 4.69) is 4.74 Å². The molecule has 19 heavy (non-hydrogen) atoms. The molecule has 0 aliphatic rings. The third kappa shape index (κ3) is 5.22. The summed E-state index contributed by atoms with van der Waals surface area (Å²) < 4.78 is 52.6. The average molecular weight is 304 g/mol. The van der Waals surface area contributed by atoms with Crippen LogP contribution in [0.4, 0.5) is 17.6 Å². The largest absolute Gasteiger partial charge is 0.573 e. The van der Waals surface area contributed by atoms with Crippen LogP contribution >= 0.6 is 12.4 Å². The molecule has 8 heteroatoms. The van der Waals surface area contributed by atoms with E-state index in [0.717, 1.165) is 12.1 Å². The van der Waals surface area contributed by atoms with Crippen molar-refractivity contribution in [1.82, 2.24) is 0 Å². The lowest BCUT2D eigenvalue weighted by atomic mass is 10.0. The molecule has 0 saturated carbocycles. The van der Waals surface area contributed by atoms with Gasteiger partial charge in [0, 0.05) is 0 Å². The van der Waals surface area contributed by atoms with E-state index < -0.39 is 30.1 Å². The molecule has 1 rings (SSSR count). The van der Waals surface area contributed by atoms with Gasteiger partial charge in [-0.2, -0.15) is 0 Å². The molecular weight excluding hydrogens is 290 g/mol. The van der Waals surface area contributed by atoms with Crippen molar-refractivity contribution in [3.8, 4) is 5.75 Å². The van der Waals surface area contributed by atoms with E-state index in [0.29, 0.717) is 6.42 Å². The Kier molecular flexibility index (Phi) is 6.54. The van der Waals surface area contributed by atoms with Gasteiger partial charge >= 0.3 is 6.36 Å². The van der Waals surface area contributed by atoms with Gasteiger partial charge in [-0.1, -0.05) is 13.0 Å². The number of hydrogen-bond acceptors (Lipinski definition) is 3. The molecule has 0 heterocycles. The minimum atomic E-state index is -4.95. The predicted molar refractivity (Wildman–Crippen MR) is 63.6 cm³/mol. The second-order valence-corrected chi connectivity index (χ2v) is 3.74. The lowest BCUT2D eigenvalue weighted by Gasteiger charge is -2.18. The van der Waals surface area contributed by atoms with Crippen molar-refractivity contribution in [1.29, 1.82) is 0 Å². The molecule has 0 amide bonds. The molecule has 1 aromatic rings. The highest BCUT2D eigenvalue weighted by Gasteiger charge is 2.32. The van der Waals surface area contributed by atoms with E-state index >= 15 is 0 Å². The first-order valence-corrected chi connectivity index (χ1v) is 5.23. The molecule has 2 atom stereocenters. The molecule has 0 aromatic heterocycles. The van der Waals surface area contributed by atoms with Crippen LogP contribution in [0, 0.1) is 5.82 Å². The zero-order valence-electron chi connectivity index (χ0n) is 9.95. The molecule has 110 valence electrons. The summed E-state index contributed by atoms with van der Waals surface area (Å²) in [6.07, 6.45) is -5.49. The number of aliphatic hydroxyl groups excluding tert-OH is 1. The van der Waals surface area contributed by atoms with Crippen LogP contribution in [-0.4, -0.2) is 17.6 Å². The van der Waals surface area contributed by atoms with Crippen LogP contribution in [0.1, 0.15) is 24.9 Å². The van der Waals surface area contributed by atoms with Crippen LogP contribution in [0.3, 0.4) is 0 Å². The van der Waals surface area contributed by atoms with Crippen LogP contribution in [0.2, 0.25) is 0 Å². The molecule has 0 spiro atoms. The fraction of sp³-hybridized carbons (Fsp3) is 0.455. The van der Waals surface area contributed by atoms with Crippen LogP contribution < -0.4 is 10.5 Å². The summed E-state index contributed by atoms with van der Waals surface area (Å²) in [6, 6.07) is 1.99. The van der Waals surface area contributed by atoms with E-state index in [1.165, 1.54) is 6.07 Å². The quantitative estimate of drug-likeness (QED) is 0.841. The summed E-state index contributed by atoms with van der Waals surface area (Å²) in [7, 11) is 0. The van der Waals surface area contributed by atoms with Crippen LogP contribution in [0.15, 0.2) is 18.2 Å². The third-order valence-corrected chi connectivity index (χ3v) is 2.40. The number of nitrogens with two attached hydrogens (primary N) is 1. The van der Waals surface area contributed by atoms with Crippen molar-refractivity contribution in [2.75, 3.05) is 0 Å². The number of halogens is 5. The number of rotatable bonds is 4. The lowest BCUT2D eigenvalue weighted by Crippen LogP contribution is -2.25. The van der Waals surface area contributed by atoms with Gasteiger partial charge in [0.1, 0.15) is 0 Å². The summed E-state index contributed by atoms with van der Waals surface area (Å²) in [5.41, 5.74) is 5.82. The second kappa shape index (κ2) is 6.93. The zero-order valence-corrected chi connectivity index (χ0v) is 10.8. The van der Waals surface area contributed by atoms with Crippen molar-refractivity contribution >= 4 is 12.4 Å². The summed E-state index contributed by atoms with van der Waals surface area (Å²) in [6.45, 7) is 1.68. The minimum absolute atomic E-state index is 0. The highest BCUT2D eigenvalue weighted by atomic mass is 35.5. The van der Waals surface area contributed by atoms with Gasteiger partial charge in [-0.05, 0) is 24.1 Å². The zero-order chi connectivity index (χ0) is 13.9. The molecular formula is C11H14ClF4NO2. The number of hydrogen-bond donors (Lipinski definition) is 2. The smallest absolute Gasteiger partial charge is 0.403 e. The van der Waals surface area contributed by atoms with E-state index in [9.17, 15) is 22.7 Å². The SMILES string of the molecule is CC[C@@H](O)[C@@H](N)c1ccc(OC(F)(F)F)c(F)c1.Cl. The fourth-order valence-corrected chi connectivity index (χ4v) is 1.41. The summed E-state index contributed by atoms with van der Waals surface area (Å²) >= 11 is 0. The second-order valence-electron chi connectivity index (χ2n) is 3.74. The maximum absolute atomic E-state index is 13.3. The monoisotopic (exact) mass is 303 g/mol. The van der Waals surface area contributed by atoms with Gasteiger partial charge in [0.15, 0.2) is 11.6 Å². The molecule has 0 fully saturated rings.